The highest BCUT2D eigenvalue weighted by atomic mass is 35.5. The SMILES string of the molecule is C=S(=O)(NC(=O)c1ccc(N2CCC(CN3C(=O)C4(CCCC4)C3c3cncc(Cl)c3)CC2)cc1Oc1cnc2[nH]ccc2c1)c1ccc(NCC2CCOCC2)c([N+](=O)[O-])c1.CC. The third-order valence-electron chi connectivity index (χ3n) is 13.0. The number of aromatic amines is 1. The first kappa shape index (κ1) is 44.9. The van der Waals surface area contributed by atoms with E-state index in [1.807, 2.05) is 43.1 Å². The molecule has 1 saturated carbocycles. The van der Waals surface area contributed by atoms with E-state index in [1.165, 1.54) is 18.2 Å². The van der Waals surface area contributed by atoms with E-state index in [4.69, 9.17) is 21.1 Å². The molecule has 2 amide bonds. The smallest absolute Gasteiger partial charge is 0.293 e. The maximum Gasteiger partial charge on any atom is 0.293 e. The Balaban J connectivity index is 0.00000276. The van der Waals surface area contributed by atoms with Crippen molar-refractivity contribution in [2.24, 2.45) is 17.3 Å². The van der Waals surface area contributed by atoms with Crippen LogP contribution in [0.4, 0.5) is 17.1 Å². The summed E-state index contributed by atoms with van der Waals surface area (Å²) in [6.45, 7) is 7.93. The molecule has 2 atom stereocenters. The number of β-lactam (4-membered cyclic amide) rings is 1. The average Bonchev–Trinajstić information content (AvgIpc) is 4.01. The summed E-state index contributed by atoms with van der Waals surface area (Å²) in [6, 6.07) is 15.0. The number of pyridine rings is 2. The zero-order valence-electron chi connectivity index (χ0n) is 36.2. The van der Waals surface area contributed by atoms with E-state index in [-0.39, 0.29) is 39.3 Å². The van der Waals surface area contributed by atoms with Crippen molar-refractivity contribution in [3.8, 4) is 11.5 Å². The van der Waals surface area contributed by atoms with E-state index >= 15 is 0 Å². The highest BCUT2D eigenvalue weighted by Gasteiger charge is 2.61. The summed E-state index contributed by atoms with van der Waals surface area (Å²) in [4.78, 5) is 55.6. The number of ether oxygens (including phenoxy) is 2. The Hall–Kier alpha value is -5.71. The minimum Gasteiger partial charge on any atom is -0.455 e. The molecular formula is C47H55ClN8O7S. The molecule has 5 aromatic rings. The number of anilines is 2. The van der Waals surface area contributed by atoms with Gasteiger partial charge in [0, 0.05) is 81.2 Å². The Morgan fingerprint density at radius 1 is 1.03 bits per heavy atom. The zero-order chi connectivity index (χ0) is 45.0. The Morgan fingerprint density at radius 3 is 2.53 bits per heavy atom. The normalized spacial score (nSPS) is 19.7. The number of nitro benzene ring substituents is 1. The molecule has 1 spiro atoms. The minimum absolute atomic E-state index is 0.00660. The number of hydrogen-bond acceptors (Lipinski definition) is 11. The van der Waals surface area contributed by atoms with E-state index in [0.717, 1.165) is 68.0 Å². The molecule has 64 heavy (non-hydrogen) atoms. The van der Waals surface area contributed by atoms with Gasteiger partial charge in [-0.25, -0.2) is 9.19 Å². The Labute approximate surface area is 378 Å². The van der Waals surface area contributed by atoms with Crippen LogP contribution in [0, 0.1) is 27.4 Å². The number of amides is 2. The molecule has 3 saturated heterocycles. The van der Waals surface area contributed by atoms with Crippen molar-refractivity contribution in [3.63, 3.8) is 0 Å². The van der Waals surface area contributed by atoms with E-state index in [0.29, 0.717) is 73.3 Å². The van der Waals surface area contributed by atoms with Crippen LogP contribution in [-0.4, -0.2) is 86.1 Å². The number of nitrogens with zero attached hydrogens (tertiary/aromatic N) is 5. The molecule has 2 unspecified atom stereocenters. The Kier molecular flexibility index (Phi) is 13.4. The molecule has 17 heteroatoms. The number of nitro groups is 1. The van der Waals surface area contributed by atoms with Gasteiger partial charge in [0.05, 0.1) is 47.8 Å². The first-order valence-electron chi connectivity index (χ1n) is 22.2. The van der Waals surface area contributed by atoms with Gasteiger partial charge < -0.3 is 29.6 Å². The van der Waals surface area contributed by atoms with Gasteiger partial charge in [0.2, 0.25) is 5.91 Å². The molecule has 3 aliphatic heterocycles. The summed E-state index contributed by atoms with van der Waals surface area (Å²) in [5.74, 6) is 4.54. The van der Waals surface area contributed by atoms with Gasteiger partial charge in [0.15, 0.2) is 0 Å². The number of piperidine rings is 1. The van der Waals surface area contributed by atoms with Crippen LogP contribution >= 0.6 is 11.6 Å². The van der Waals surface area contributed by atoms with Gasteiger partial charge >= 0.3 is 0 Å². The molecule has 0 radical (unpaired) electrons. The van der Waals surface area contributed by atoms with Crippen molar-refractivity contribution in [3.05, 3.63) is 106 Å². The number of fused-ring (bicyclic) bond motifs is 1. The van der Waals surface area contributed by atoms with Crippen LogP contribution in [0.5, 0.6) is 11.5 Å². The maximum absolute atomic E-state index is 14.1. The highest BCUT2D eigenvalue weighted by Crippen LogP contribution is 2.59. The lowest BCUT2D eigenvalue weighted by atomic mass is 9.66. The third kappa shape index (κ3) is 9.26. The van der Waals surface area contributed by atoms with Crippen LogP contribution in [0.3, 0.4) is 0 Å². The molecule has 2 aromatic carbocycles. The zero-order valence-corrected chi connectivity index (χ0v) is 37.8. The molecule has 4 fully saturated rings. The molecule has 3 N–H and O–H groups in total. The number of H-pyrrole nitrogens is 1. The Morgan fingerprint density at radius 2 is 1.80 bits per heavy atom. The van der Waals surface area contributed by atoms with Crippen LogP contribution < -0.4 is 19.7 Å². The van der Waals surface area contributed by atoms with E-state index in [9.17, 15) is 23.9 Å². The predicted octanol–water partition coefficient (Wildman–Crippen LogP) is 8.96. The molecule has 0 bridgehead atoms. The number of aromatic nitrogens is 3. The predicted molar refractivity (Wildman–Crippen MR) is 250 cm³/mol. The molecule has 9 rings (SSSR count). The fourth-order valence-corrected chi connectivity index (χ4v) is 11.0. The minimum atomic E-state index is -3.58. The summed E-state index contributed by atoms with van der Waals surface area (Å²) < 4.78 is 28.5. The van der Waals surface area contributed by atoms with Crippen LogP contribution in [0.1, 0.15) is 87.2 Å². The van der Waals surface area contributed by atoms with Gasteiger partial charge in [-0.05, 0) is 104 Å². The van der Waals surface area contributed by atoms with Gasteiger partial charge in [-0.1, -0.05) is 38.3 Å². The van der Waals surface area contributed by atoms with Crippen molar-refractivity contribution < 1.29 is 28.2 Å². The van der Waals surface area contributed by atoms with E-state index < -0.39 is 20.5 Å². The summed E-state index contributed by atoms with van der Waals surface area (Å²) in [5.41, 5.74) is 2.27. The second kappa shape index (κ2) is 19.2. The van der Waals surface area contributed by atoms with Crippen molar-refractivity contribution in [2.75, 3.05) is 49.6 Å². The third-order valence-corrected chi connectivity index (χ3v) is 14.8. The van der Waals surface area contributed by atoms with Gasteiger partial charge in [-0.15, -0.1) is 0 Å². The second-order valence-corrected chi connectivity index (χ2v) is 19.4. The molecule has 4 aliphatic rings. The lowest BCUT2D eigenvalue weighted by molar-refractivity contribution is -0.384. The lowest BCUT2D eigenvalue weighted by Crippen LogP contribution is -2.63. The van der Waals surface area contributed by atoms with Crippen LogP contribution in [-0.2, 0) is 19.2 Å². The van der Waals surface area contributed by atoms with Crippen molar-refractivity contribution in [1.29, 1.82) is 0 Å². The van der Waals surface area contributed by atoms with Crippen molar-refractivity contribution in [1.82, 2.24) is 24.6 Å². The molecule has 1 aliphatic carbocycles. The van der Waals surface area contributed by atoms with Crippen LogP contribution in [0.15, 0.2) is 84.3 Å². The van der Waals surface area contributed by atoms with Gasteiger partial charge in [-0.3, -0.25) is 29.4 Å². The monoisotopic (exact) mass is 910 g/mol. The average molecular weight is 912 g/mol. The summed E-state index contributed by atoms with van der Waals surface area (Å²) in [5, 5.41) is 16.7. The number of benzene rings is 2. The number of likely N-dealkylation sites (tertiary alicyclic amines) is 1. The number of rotatable bonds is 13. The number of hydrogen-bond donors (Lipinski definition) is 3. The molecular weight excluding hydrogens is 856 g/mol. The van der Waals surface area contributed by atoms with Crippen LogP contribution in [0.25, 0.3) is 11.0 Å². The Bertz CT molecular complexity index is 2620. The van der Waals surface area contributed by atoms with Crippen molar-refractivity contribution >= 4 is 67.1 Å². The van der Waals surface area contributed by atoms with E-state index in [1.54, 1.807) is 36.8 Å². The van der Waals surface area contributed by atoms with Gasteiger partial charge in [0.1, 0.15) is 22.8 Å². The first-order chi connectivity index (χ1) is 31.0. The lowest BCUT2D eigenvalue weighted by Gasteiger charge is -2.56. The number of carbonyl (C=O) groups excluding carboxylic acids is 2. The molecule has 15 nitrogen and oxygen atoms in total. The van der Waals surface area contributed by atoms with E-state index in [2.05, 4.69) is 35.8 Å². The number of carbonyl (C=O) groups is 2. The molecule has 338 valence electrons. The standard InChI is InChI=1S/C45H49ClN8O7S.C2H6/c1-62(59,36-5-7-38(39(23-36)54(57)58)49-24-29-11-18-60-19-12-29)51-43(55)37-6-4-34(22-40(37)61-35-21-31-8-15-48-42(31)50-27-35)52-16-9-30(10-17-52)28-53-41(32-20-33(46)26-47-25-32)45(44(53)56)13-2-3-14-45;1-2/h4-8,15,20-23,25-27,29-30,41,49H,1-3,9-14,16-19,24,28H2,(H,48,50)(H,51,55,59);1-2H3. The highest BCUT2D eigenvalue weighted by molar-refractivity contribution is 7.99. The summed E-state index contributed by atoms with van der Waals surface area (Å²) in [6.07, 6.45) is 14.1. The topological polar surface area (TPSA) is 185 Å². The molecule has 3 aromatic heterocycles. The largest absolute Gasteiger partial charge is 0.455 e. The van der Waals surface area contributed by atoms with Gasteiger partial charge in [-0.2, -0.15) is 0 Å². The summed E-state index contributed by atoms with van der Waals surface area (Å²) >= 11 is 6.37. The number of halogens is 1. The second-order valence-electron chi connectivity index (χ2n) is 16.9. The maximum atomic E-state index is 14.1. The fraction of sp³-hybridized carbons (Fsp3) is 0.426. The van der Waals surface area contributed by atoms with Gasteiger partial charge in [0.25, 0.3) is 11.6 Å². The number of nitrogens with one attached hydrogen (secondary N) is 3. The van der Waals surface area contributed by atoms with Crippen LogP contribution in [0.2, 0.25) is 5.02 Å². The first-order valence-corrected chi connectivity index (χ1v) is 24.3. The fourth-order valence-electron chi connectivity index (χ4n) is 9.73. The quantitative estimate of drug-likeness (QED) is 0.0443. The summed E-state index contributed by atoms with van der Waals surface area (Å²) in [7, 11) is -3.58. The molecule has 6 heterocycles. The van der Waals surface area contributed by atoms with Crippen molar-refractivity contribution in [2.45, 2.75) is 76.2 Å².